The van der Waals surface area contributed by atoms with Crippen LogP contribution in [0.3, 0.4) is 0 Å². The molecule has 3 nitrogen and oxygen atoms in total. The Morgan fingerprint density at radius 1 is 1.20 bits per heavy atom. The molecule has 0 saturated heterocycles. The molecule has 0 spiro atoms. The van der Waals surface area contributed by atoms with Gasteiger partial charge >= 0.3 is 0 Å². The second-order valence-electron chi connectivity index (χ2n) is 4.41. The smallest absolute Gasteiger partial charge is 0.151 e. The Balaban J connectivity index is 2.16. The van der Waals surface area contributed by atoms with Crippen LogP contribution in [0.5, 0.6) is 11.5 Å². The van der Waals surface area contributed by atoms with Crippen LogP contribution >= 0.6 is 15.9 Å². The van der Waals surface area contributed by atoms with Gasteiger partial charge in [-0.05, 0) is 37.3 Å². The Kier molecular flexibility index (Phi) is 4.79. The van der Waals surface area contributed by atoms with Crippen LogP contribution in [0, 0.1) is 6.92 Å². The summed E-state index contributed by atoms with van der Waals surface area (Å²) in [6, 6.07) is 11.3. The Bertz CT molecular complexity index is 623. The van der Waals surface area contributed by atoms with Gasteiger partial charge in [-0.3, -0.25) is 4.79 Å². The van der Waals surface area contributed by atoms with E-state index >= 15 is 0 Å². The molecule has 0 aliphatic heterocycles. The highest BCUT2D eigenvalue weighted by molar-refractivity contribution is 9.10. The minimum atomic E-state index is 0.394. The molecule has 0 N–H and O–H groups in total. The van der Waals surface area contributed by atoms with Gasteiger partial charge in [0.15, 0.2) is 6.29 Å². The third-order valence-electron chi connectivity index (χ3n) is 2.92. The van der Waals surface area contributed by atoms with Gasteiger partial charge in [-0.25, -0.2) is 0 Å². The summed E-state index contributed by atoms with van der Waals surface area (Å²) in [6.45, 7) is 2.41. The van der Waals surface area contributed by atoms with Crippen LogP contribution in [0.4, 0.5) is 0 Å². The van der Waals surface area contributed by atoms with E-state index in [2.05, 4.69) is 15.9 Å². The van der Waals surface area contributed by atoms with E-state index in [0.717, 1.165) is 27.6 Å². The lowest BCUT2D eigenvalue weighted by Crippen LogP contribution is -1.99. The van der Waals surface area contributed by atoms with E-state index in [1.54, 1.807) is 19.2 Å². The second kappa shape index (κ2) is 6.57. The average molecular weight is 335 g/mol. The lowest BCUT2D eigenvalue weighted by atomic mass is 10.1. The first-order valence-electron chi connectivity index (χ1n) is 6.15. The van der Waals surface area contributed by atoms with Gasteiger partial charge in [0, 0.05) is 15.6 Å². The normalized spacial score (nSPS) is 10.2. The standard InChI is InChI=1S/C16H15BrO3/c1-11-3-6-16(19-2)13(7-11)10-20-14-4-5-15(17)12(8-14)9-18/h3-9H,10H2,1-2H3. The monoisotopic (exact) mass is 334 g/mol. The lowest BCUT2D eigenvalue weighted by molar-refractivity contribution is 0.112. The van der Waals surface area contributed by atoms with Crippen LogP contribution in [0.2, 0.25) is 0 Å². The third kappa shape index (κ3) is 3.39. The van der Waals surface area contributed by atoms with Crippen molar-refractivity contribution in [1.82, 2.24) is 0 Å². The van der Waals surface area contributed by atoms with Crippen molar-refractivity contribution in [2.45, 2.75) is 13.5 Å². The van der Waals surface area contributed by atoms with Gasteiger partial charge in [-0.15, -0.1) is 0 Å². The first kappa shape index (κ1) is 14.6. The van der Waals surface area contributed by atoms with E-state index in [4.69, 9.17) is 9.47 Å². The molecule has 0 aromatic heterocycles. The summed E-state index contributed by atoms with van der Waals surface area (Å²) in [6.07, 6.45) is 0.796. The number of halogens is 1. The summed E-state index contributed by atoms with van der Waals surface area (Å²) in [5, 5.41) is 0. The van der Waals surface area contributed by atoms with Gasteiger partial charge in [0.1, 0.15) is 18.1 Å². The summed E-state index contributed by atoms with van der Waals surface area (Å²) in [5.74, 6) is 1.45. The summed E-state index contributed by atoms with van der Waals surface area (Å²) < 4.78 is 11.8. The quantitative estimate of drug-likeness (QED) is 0.770. The lowest BCUT2D eigenvalue weighted by Gasteiger charge is -2.11. The van der Waals surface area contributed by atoms with Crippen molar-refractivity contribution < 1.29 is 14.3 Å². The van der Waals surface area contributed by atoms with Gasteiger partial charge in [0.25, 0.3) is 0 Å². The number of rotatable bonds is 5. The number of hydrogen-bond donors (Lipinski definition) is 0. The maximum atomic E-state index is 10.9. The van der Waals surface area contributed by atoms with Crippen LogP contribution in [-0.2, 0) is 6.61 Å². The number of aldehydes is 1. The van der Waals surface area contributed by atoms with Crippen molar-refractivity contribution in [1.29, 1.82) is 0 Å². The van der Waals surface area contributed by atoms with Gasteiger partial charge in [-0.1, -0.05) is 27.6 Å². The molecule has 20 heavy (non-hydrogen) atoms. The molecular formula is C16H15BrO3. The van der Waals surface area contributed by atoms with E-state index in [9.17, 15) is 4.79 Å². The van der Waals surface area contributed by atoms with Crippen LogP contribution in [0.25, 0.3) is 0 Å². The van der Waals surface area contributed by atoms with Gasteiger partial charge in [0.2, 0.25) is 0 Å². The van der Waals surface area contributed by atoms with Crippen LogP contribution < -0.4 is 9.47 Å². The summed E-state index contributed by atoms with van der Waals surface area (Å²) in [7, 11) is 1.64. The number of aryl methyl sites for hydroxylation is 1. The van der Waals surface area contributed by atoms with E-state index in [1.807, 2.05) is 31.2 Å². The molecule has 2 aromatic rings. The van der Waals surface area contributed by atoms with Gasteiger partial charge in [0.05, 0.1) is 7.11 Å². The minimum Gasteiger partial charge on any atom is -0.496 e. The zero-order chi connectivity index (χ0) is 14.5. The average Bonchev–Trinajstić information content (AvgIpc) is 2.46. The highest BCUT2D eigenvalue weighted by Crippen LogP contribution is 2.24. The van der Waals surface area contributed by atoms with Crippen molar-refractivity contribution in [3.63, 3.8) is 0 Å². The van der Waals surface area contributed by atoms with Crippen LogP contribution in [0.15, 0.2) is 40.9 Å². The third-order valence-corrected chi connectivity index (χ3v) is 3.65. The fourth-order valence-corrected chi connectivity index (χ4v) is 2.22. The number of carbonyl (C=O) groups is 1. The highest BCUT2D eigenvalue weighted by Gasteiger charge is 2.06. The fourth-order valence-electron chi connectivity index (χ4n) is 1.88. The molecule has 0 aliphatic rings. The Labute approximate surface area is 126 Å². The molecule has 0 amide bonds. The molecule has 2 aromatic carbocycles. The highest BCUT2D eigenvalue weighted by atomic mass is 79.9. The van der Waals surface area contributed by atoms with Gasteiger partial charge in [-0.2, -0.15) is 0 Å². The molecule has 0 atom stereocenters. The van der Waals surface area contributed by atoms with Crippen molar-refractivity contribution in [2.75, 3.05) is 7.11 Å². The minimum absolute atomic E-state index is 0.394. The predicted octanol–water partition coefficient (Wildman–Crippen LogP) is 4.16. The van der Waals surface area contributed by atoms with Crippen LogP contribution in [-0.4, -0.2) is 13.4 Å². The molecule has 0 aliphatic carbocycles. The zero-order valence-electron chi connectivity index (χ0n) is 11.4. The molecule has 0 radical (unpaired) electrons. The predicted molar refractivity (Wildman–Crippen MR) is 81.6 cm³/mol. The molecule has 0 heterocycles. The van der Waals surface area contributed by atoms with Crippen molar-refractivity contribution >= 4 is 22.2 Å². The van der Waals surface area contributed by atoms with Crippen molar-refractivity contribution in [3.8, 4) is 11.5 Å². The Hall–Kier alpha value is -1.81. The number of methoxy groups -OCH3 is 1. The molecule has 4 heteroatoms. The largest absolute Gasteiger partial charge is 0.496 e. The van der Waals surface area contributed by atoms with Crippen molar-refractivity contribution in [3.05, 3.63) is 57.6 Å². The maximum absolute atomic E-state index is 10.9. The Morgan fingerprint density at radius 2 is 2.00 bits per heavy atom. The molecule has 0 bridgehead atoms. The maximum Gasteiger partial charge on any atom is 0.151 e. The van der Waals surface area contributed by atoms with E-state index in [-0.39, 0.29) is 0 Å². The fraction of sp³-hybridized carbons (Fsp3) is 0.188. The SMILES string of the molecule is COc1ccc(C)cc1COc1ccc(Br)c(C=O)c1. The number of benzene rings is 2. The zero-order valence-corrected chi connectivity index (χ0v) is 12.9. The molecule has 2 rings (SSSR count). The first-order valence-corrected chi connectivity index (χ1v) is 6.94. The van der Waals surface area contributed by atoms with Crippen LogP contribution in [0.1, 0.15) is 21.5 Å². The summed E-state index contributed by atoms with van der Waals surface area (Å²) in [4.78, 5) is 10.9. The molecule has 0 saturated carbocycles. The van der Waals surface area contributed by atoms with E-state index < -0.39 is 0 Å². The summed E-state index contributed by atoms with van der Waals surface area (Å²) in [5.41, 5.74) is 2.69. The molecule has 104 valence electrons. The second-order valence-corrected chi connectivity index (χ2v) is 5.26. The number of ether oxygens (including phenoxy) is 2. The topological polar surface area (TPSA) is 35.5 Å². The van der Waals surface area contributed by atoms with Crippen molar-refractivity contribution in [2.24, 2.45) is 0 Å². The molecular weight excluding hydrogens is 320 g/mol. The molecule has 0 fully saturated rings. The Morgan fingerprint density at radius 3 is 2.70 bits per heavy atom. The number of hydrogen-bond acceptors (Lipinski definition) is 3. The molecule has 0 unspecified atom stereocenters. The van der Waals surface area contributed by atoms with E-state index in [1.165, 1.54) is 0 Å². The first-order chi connectivity index (χ1) is 9.63. The van der Waals surface area contributed by atoms with E-state index in [0.29, 0.717) is 17.9 Å². The number of carbonyl (C=O) groups excluding carboxylic acids is 1. The summed E-state index contributed by atoms with van der Waals surface area (Å²) >= 11 is 3.31. The van der Waals surface area contributed by atoms with Gasteiger partial charge < -0.3 is 9.47 Å².